The van der Waals surface area contributed by atoms with Crippen LogP contribution >= 0.6 is 0 Å². The zero-order valence-electron chi connectivity index (χ0n) is 8.87. The second-order valence-corrected chi connectivity index (χ2v) is 4.51. The highest BCUT2D eigenvalue weighted by molar-refractivity contribution is 4.98. The summed E-state index contributed by atoms with van der Waals surface area (Å²) >= 11 is 0. The van der Waals surface area contributed by atoms with Gasteiger partial charge in [0.1, 0.15) is 0 Å². The fourth-order valence-corrected chi connectivity index (χ4v) is 2.80. The van der Waals surface area contributed by atoms with E-state index in [0.717, 1.165) is 0 Å². The molecule has 0 spiro atoms. The molecule has 0 amide bonds. The summed E-state index contributed by atoms with van der Waals surface area (Å²) in [7, 11) is 0. The third-order valence-corrected chi connectivity index (χ3v) is 3.51. The average molecular weight is 193 g/mol. The van der Waals surface area contributed by atoms with Gasteiger partial charge in [-0.1, -0.05) is 6.42 Å². The highest BCUT2D eigenvalue weighted by Gasteiger charge is 2.35. The number of nitrogens with one attached hydrogen (secondary N) is 1. The molecule has 0 saturated carbocycles. The van der Waals surface area contributed by atoms with Crippen molar-refractivity contribution >= 4 is 0 Å². The van der Waals surface area contributed by atoms with Gasteiger partial charge in [0.15, 0.2) is 0 Å². The van der Waals surface area contributed by atoms with Crippen LogP contribution in [0, 0.1) is 11.3 Å². The molecule has 2 rings (SSSR count). The SMILES string of the molecule is CC(C#N)NC1CCN2CCCCC12. The number of fused-ring (bicyclic) bond motifs is 1. The van der Waals surface area contributed by atoms with Crippen molar-refractivity contribution in [2.75, 3.05) is 13.1 Å². The Morgan fingerprint density at radius 3 is 3.00 bits per heavy atom. The monoisotopic (exact) mass is 193 g/mol. The van der Waals surface area contributed by atoms with E-state index in [4.69, 9.17) is 5.26 Å². The van der Waals surface area contributed by atoms with Crippen LogP contribution in [0.1, 0.15) is 32.6 Å². The number of piperidine rings is 1. The largest absolute Gasteiger partial charge is 0.299 e. The van der Waals surface area contributed by atoms with E-state index in [-0.39, 0.29) is 6.04 Å². The van der Waals surface area contributed by atoms with E-state index in [2.05, 4.69) is 16.3 Å². The molecule has 2 heterocycles. The molecule has 0 bridgehead atoms. The van der Waals surface area contributed by atoms with Crippen molar-refractivity contribution < 1.29 is 0 Å². The molecular formula is C11H19N3. The first kappa shape index (κ1) is 9.95. The van der Waals surface area contributed by atoms with Gasteiger partial charge in [0.05, 0.1) is 12.1 Å². The Hall–Kier alpha value is -0.590. The Morgan fingerprint density at radius 1 is 1.36 bits per heavy atom. The molecule has 3 atom stereocenters. The number of nitriles is 1. The molecule has 1 N–H and O–H groups in total. The highest BCUT2D eigenvalue weighted by Crippen LogP contribution is 2.27. The van der Waals surface area contributed by atoms with E-state index < -0.39 is 0 Å². The Bertz CT molecular complexity index is 233. The maximum absolute atomic E-state index is 8.77. The maximum atomic E-state index is 8.77. The van der Waals surface area contributed by atoms with Gasteiger partial charge in [0.25, 0.3) is 0 Å². The van der Waals surface area contributed by atoms with Crippen LogP contribution < -0.4 is 5.32 Å². The minimum absolute atomic E-state index is 0.00174. The van der Waals surface area contributed by atoms with Crippen LogP contribution in [0.25, 0.3) is 0 Å². The molecule has 0 aromatic heterocycles. The lowest BCUT2D eigenvalue weighted by atomic mass is 9.98. The first-order valence-electron chi connectivity index (χ1n) is 5.71. The Labute approximate surface area is 86.1 Å². The lowest BCUT2D eigenvalue weighted by Crippen LogP contribution is -2.47. The summed E-state index contributed by atoms with van der Waals surface area (Å²) in [5.41, 5.74) is 0. The summed E-state index contributed by atoms with van der Waals surface area (Å²) in [6, 6.07) is 3.53. The molecule has 2 aliphatic heterocycles. The fraction of sp³-hybridized carbons (Fsp3) is 0.909. The highest BCUT2D eigenvalue weighted by atomic mass is 15.2. The van der Waals surface area contributed by atoms with Gasteiger partial charge in [-0.15, -0.1) is 0 Å². The summed E-state index contributed by atoms with van der Waals surface area (Å²) in [6.45, 7) is 4.44. The van der Waals surface area contributed by atoms with E-state index >= 15 is 0 Å². The summed E-state index contributed by atoms with van der Waals surface area (Å²) < 4.78 is 0. The van der Waals surface area contributed by atoms with E-state index in [1.807, 2.05) is 6.92 Å². The van der Waals surface area contributed by atoms with Crippen LogP contribution in [-0.4, -0.2) is 36.1 Å². The molecular weight excluding hydrogens is 174 g/mol. The second kappa shape index (κ2) is 4.29. The van der Waals surface area contributed by atoms with E-state index in [1.54, 1.807) is 0 Å². The maximum Gasteiger partial charge on any atom is 0.0927 e. The third-order valence-electron chi connectivity index (χ3n) is 3.51. The number of rotatable bonds is 2. The number of hydrogen-bond acceptors (Lipinski definition) is 3. The number of hydrogen-bond donors (Lipinski definition) is 1. The van der Waals surface area contributed by atoms with E-state index in [9.17, 15) is 0 Å². The van der Waals surface area contributed by atoms with E-state index in [1.165, 1.54) is 38.8 Å². The van der Waals surface area contributed by atoms with Gasteiger partial charge >= 0.3 is 0 Å². The zero-order chi connectivity index (χ0) is 9.97. The summed E-state index contributed by atoms with van der Waals surface area (Å²) in [6.07, 6.45) is 5.25. The molecule has 3 heteroatoms. The smallest absolute Gasteiger partial charge is 0.0927 e. The molecule has 0 aliphatic carbocycles. The van der Waals surface area contributed by atoms with Crippen LogP contribution in [0.5, 0.6) is 0 Å². The van der Waals surface area contributed by atoms with Crippen molar-refractivity contribution in [1.29, 1.82) is 5.26 Å². The molecule has 14 heavy (non-hydrogen) atoms. The fourth-order valence-electron chi connectivity index (χ4n) is 2.80. The predicted octanol–water partition coefficient (Wildman–Crippen LogP) is 1.11. The van der Waals surface area contributed by atoms with Crippen molar-refractivity contribution in [3.8, 4) is 6.07 Å². The van der Waals surface area contributed by atoms with Crippen LogP contribution in [0.3, 0.4) is 0 Å². The molecule has 0 aromatic rings. The Balaban J connectivity index is 1.91. The molecule has 2 saturated heterocycles. The Morgan fingerprint density at radius 2 is 2.21 bits per heavy atom. The minimum atomic E-state index is 0.00174. The normalized spacial score (nSPS) is 34.9. The molecule has 78 valence electrons. The first-order chi connectivity index (χ1) is 6.81. The predicted molar refractivity (Wildman–Crippen MR) is 55.8 cm³/mol. The van der Waals surface area contributed by atoms with Gasteiger partial charge in [-0.3, -0.25) is 10.2 Å². The molecule has 3 unspecified atom stereocenters. The Kier molecular flexibility index (Phi) is 3.05. The topological polar surface area (TPSA) is 39.1 Å². The quantitative estimate of drug-likeness (QED) is 0.714. The van der Waals surface area contributed by atoms with Crippen molar-refractivity contribution in [2.24, 2.45) is 0 Å². The van der Waals surface area contributed by atoms with Gasteiger partial charge in [0, 0.05) is 18.6 Å². The van der Waals surface area contributed by atoms with Crippen molar-refractivity contribution in [1.82, 2.24) is 10.2 Å². The molecule has 0 radical (unpaired) electrons. The van der Waals surface area contributed by atoms with Gasteiger partial charge in [0.2, 0.25) is 0 Å². The zero-order valence-corrected chi connectivity index (χ0v) is 8.87. The lowest BCUT2D eigenvalue weighted by molar-refractivity contribution is 0.179. The molecule has 3 nitrogen and oxygen atoms in total. The third kappa shape index (κ3) is 1.92. The molecule has 0 aromatic carbocycles. The van der Waals surface area contributed by atoms with Crippen LogP contribution in [-0.2, 0) is 0 Å². The van der Waals surface area contributed by atoms with Crippen LogP contribution in [0.15, 0.2) is 0 Å². The number of nitrogens with zero attached hydrogens (tertiary/aromatic N) is 2. The van der Waals surface area contributed by atoms with Gasteiger partial charge in [-0.05, 0) is 32.7 Å². The van der Waals surface area contributed by atoms with Gasteiger partial charge in [-0.25, -0.2) is 0 Å². The first-order valence-corrected chi connectivity index (χ1v) is 5.71. The summed E-state index contributed by atoms with van der Waals surface area (Å²) in [5, 5.41) is 12.2. The second-order valence-electron chi connectivity index (χ2n) is 4.51. The standard InChI is InChI=1S/C11H19N3/c1-9(8-12)13-10-5-7-14-6-3-2-4-11(10)14/h9-11,13H,2-7H2,1H3. The van der Waals surface area contributed by atoms with Gasteiger partial charge < -0.3 is 0 Å². The minimum Gasteiger partial charge on any atom is -0.299 e. The van der Waals surface area contributed by atoms with Crippen molar-refractivity contribution in [3.63, 3.8) is 0 Å². The molecule has 2 fully saturated rings. The van der Waals surface area contributed by atoms with E-state index in [0.29, 0.717) is 12.1 Å². The summed E-state index contributed by atoms with van der Waals surface area (Å²) in [5.74, 6) is 0. The average Bonchev–Trinajstić information content (AvgIpc) is 2.62. The lowest BCUT2D eigenvalue weighted by Gasteiger charge is -2.33. The summed E-state index contributed by atoms with van der Waals surface area (Å²) in [4.78, 5) is 2.59. The molecule has 2 aliphatic rings. The van der Waals surface area contributed by atoms with Gasteiger partial charge in [-0.2, -0.15) is 5.26 Å². The van der Waals surface area contributed by atoms with Crippen molar-refractivity contribution in [3.05, 3.63) is 0 Å². The van der Waals surface area contributed by atoms with Crippen LogP contribution in [0.4, 0.5) is 0 Å². The van der Waals surface area contributed by atoms with Crippen molar-refractivity contribution in [2.45, 2.75) is 50.7 Å². The van der Waals surface area contributed by atoms with Crippen LogP contribution in [0.2, 0.25) is 0 Å².